The molecule has 0 aromatic heterocycles. The lowest BCUT2D eigenvalue weighted by molar-refractivity contribution is 0.0528. The average molecular weight is 304 g/mol. The van der Waals surface area contributed by atoms with Crippen molar-refractivity contribution in [2.75, 3.05) is 13.1 Å². The van der Waals surface area contributed by atoms with Gasteiger partial charge in [0, 0.05) is 13.1 Å². The Hall–Kier alpha value is -2.75. The molecule has 0 aliphatic carbocycles. The number of nitrogens with one attached hydrogen (secondary N) is 2. The van der Waals surface area contributed by atoms with Gasteiger partial charge in [0.1, 0.15) is 11.4 Å². The van der Waals surface area contributed by atoms with E-state index in [0.717, 1.165) is 0 Å². The second-order valence-corrected chi connectivity index (χ2v) is 5.29. The van der Waals surface area contributed by atoms with Gasteiger partial charge < -0.3 is 20.1 Å². The van der Waals surface area contributed by atoms with Crippen molar-refractivity contribution in [3.63, 3.8) is 0 Å². The molecule has 1 rings (SSSR count). The summed E-state index contributed by atoms with van der Waals surface area (Å²) in [6, 6.07) is 9.03. The molecule has 1 aromatic rings. The van der Waals surface area contributed by atoms with E-state index >= 15 is 0 Å². The smallest absolute Gasteiger partial charge is 0.407 e. The molecule has 0 heterocycles. The van der Waals surface area contributed by atoms with Crippen LogP contribution in [0.25, 0.3) is 0 Å². The number of aliphatic imine (C=N–C) groups is 1. The van der Waals surface area contributed by atoms with Gasteiger partial charge in [-0.3, -0.25) is 0 Å². The lowest BCUT2D eigenvalue weighted by Gasteiger charge is -2.19. The van der Waals surface area contributed by atoms with Crippen LogP contribution in [0.2, 0.25) is 0 Å². The van der Waals surface area contributed by atoms with Gasteiger partial charge in [0.15, 0.2) is 0 Å². The zero-order valence-electron chi connectivity index (χ0n) is 12.9. The first kappa shape index (κ1) is 17.3. The predicted octanol–water partition coefficient (Wildman–Crippen LogP) is 2.02. The van der Waals surface area contributed by atoms with E-state index in [1.54, 1.807) is 39.1 Å². The molecule has 22 heavy (non-hydrogen) atoms. The van der Waals surface area contributed by atoms with Crippen molar-refractivity contribution in [2.45, 2.75) is 26.4 Å². The normalized spacial score (nSPS) is 11.3. The zero-order valence-corrected chi connectivity index (χ0v) is 12.9. The third kappa shape index (κ3) is 7.75. The zero-order chi connectivity index (χ0) is 16.4. The van der Waals surface area contributed by atoms with E-state index < -0.39 is 11.7 Å². The number of alkyl carbamates (subject to hydrolysis) is 1. The van der Waals surface area contributed by atoms with Crippen LogP contribution in [0, 0.1) is 11.5 Å². The van der Waals surface area contributed by atoms with Gasteiger partial charge in [0.25, 0.3) is 0 Å². The quantitative estimate of drug-likeness (QED) is 0.384. The summed E-state index contributed by atoms with van der Waals surface area (Å²) in [6.45, 7) is 6.01. The van der Waals surface area contributed by atoms with Gasteiger partial charge >= 0.3 is 12.1 Å². The van der Waals surface area contributed by atoms with Crippen molar-refractivity contribution in [3.8, 4) is 11.9 Å². The van der Waals surface area contributed by atoms with E-state index in [1.807, 2.05) is 18.2 Å². The lowest BCUT2D eigenvalue weighted by Crippen LogP contribution is -2.39. The van der Waals surface area contributed by atoms with Crippen LogP contribution in [0.4, 0.5) is 4.79 Å². The van der Waals surface area contributed by atoms with Crippen LogP contribution < -0.4 is 15.4 Å². The Balaban J connectivity index is 2.36. The van der Waals surface area contributed by atoms with E-state index in [1.165, 1.54) is 0 Å². The van der Waals surface area contributed by atoms with Gasteiger partial charge in [-0.2, -0.15) is 5.26 Å². The van der Waals surface area contributed by atoms with E-state index in [-0.39, 0.29) is 6.02 Å². The summed E-state index contributed by atoms with van der Waals surface area (Å²) < 4.78 is 10.5. The van der Waals surface area contributed by atoms with E-state index in [9.17, 15) is 4.79 Å². The number of benzene rings is 1. The van der Waals surface area contributed by atoms with Crippen molar-refractivity contribution < 1.29 is 14.3 Å². The van der Waals surface area contributed by atoms with Gasteiger partial charge in [-0.05, 0) is 32.9 Å². The number of hydrogen-bond donors (Lipinski definition) is 2. The third-order valence-corrected chi connectivity index (χ3v) is 2.18. The lowest BCUT2D eigenvalue weighted by atomic mass is 10.2. The number of hydrogen-bond acceptors (Lipinski definition) is 5. The van der Waals surface area contributed by atoms with Crippen LogP contribution in [0.15, 0.2) is 35.3 Å². The minimum atomic E-state index is -0.540. The van der Waals surface area contributed by atoms with Crippen LogP contribution in [0.1, 0.15) is 20.8 Å². The Kier molecular flexibility index (Phi) is 6.70. The maximum atomic E-state index is 11.4. The highest BCUT2D eigenvalue weighted by atomic mass is 16.6. The largest absolute Gasteiger partial charge is 0.444 e. The number of para-hydroxylation sites is 1. The maximum absolute atomic E-state index is 11.4. The van der Waals surface area contributed by atoms with Crippen LogP contribution >= 0.6 is 0 Å². The molecule has 0 saturated heterocycles. The van der Waals surface area contributed by atoms with Crippen molar-refractivity contribution in [1.29, 1.82) is 5.26 Å². The van der Waals surface area contributed by atoms with Gasteiger partial charge in [0.05, 0.1) is 0 Å². The summed E-state index contributed by atoms with van der Waals surface area (Å²) >= 11 is 0. The first-order chi connectivity index (χ1) is 10.4. The van der Waals surface area contributed by atoms with Crippen LogP contribution in [0.3, 0.4) is 0 Å². The first-order valence-corrected chi connectivity index (χ1v) is 6.81. The van der Waals surface area contributed by atoms with Gasteiger partial charge in [-0.1, -0.05) is 18.2 Å². The minimum absolute atomic E-state index is 0.0692. The molecule has 2 N–H and O–H groups in total. The average Bonchev–Trinajstić information content (AvgIpc) is 2.43. The Bertz CT molecular complexity index is 544. The van der Waals surface area contributed by atoms with Gasteiger partial charge in [-0.25, -0.2) is 4.79 Å². The molecule has 118 valence electrons. The SMILES string of the molecule is CC(C)(C)OC(=O)NCCN/C(=N\C#N)Oc1ccccc1. The number of amidine groups is 1. The molecule has 0 bridgehead atoms. The first-order valence-electron chi connectivity index (χ1n) is 6.81. The van der Waals surface area contributed by atoms with Crippen molar-refractivity contribution in [2.24, 2.45) is 4.99 Å². The van der Waals surface area contributed by atoms with Crippen LogP contribution in [0.5, 0.6) is 5.75 Å². The molecule has 7 heteroatoms. The Morgan fingerprint density at radius 3 is 2.45 bits per heavy atom. The monoisotopic (exact) mass is 304 g/mol. The standard InChI is InChI=1S/C15H20N4O3/c1-15(2,3)22-14(20)18-10-9-17-13(19-11-16)21-12-7-5-4-6-8-12/h4-8H,9-10H2,1-3H3,(H,17,19)(H,18,20). The molecule has 0 fully saturated rings. The Labute approximate surface area is 129 Å². The summed E-state index contributed by atoms with van der Waals surface area (Å²) in [5.41, 5.74) is -0.540. The number of nitriles is 1. The molecule has 0 radical (unpaired) electrons. The number of rotatable bonds is 4. The molecule has 0 aliphatic rings. The maximum Gasteiger partial charge on any atom is 0.407 e. The fraction of sp³-hybridized carbons (Fsp3) is 0.400. The molecule has 0 unspecified atom stereocenters. The highest BCUT2D eigenvalue weighted by Crippen LogP contribution is 2.08. The number of ether oxygens (including phenoxy) is 2. The second-order valence-electron chi connectivity index (χ2n) is 5.29. The molecule has 0 spiro atoms. The number of nitrogens with zero attached hydrogens (tertiary/aromatic N) is 2. The number of amides is 1. The van der Waals surface area contributed by atoms with Crippen molar-refractivity contribution in [3.05, 3.63) is 30.3 Å². The molecular weight excluding hydrogens is 284 g/mol. The summed E-state index contributed by atoms with van der Waals surface area (Å²) in [4.78, 5) is 15.0. The Morgan fingerprint density at radius 2 is 1.86 bits per heavy atom. The minimum Gasteiger partial charge on any atom is -0.444 e. The molecule has 0 saturated carbocycles. The van der Waals surface area contributed by atoms with E-state index in [2.05, 4.69) is 15.6 Å². The molecule has 0 atom stereocenters. The molecule has 1 aromatic carbocycles. The predicted molar refractivity (Wildman–Crippen MR) is 82.4 cm³/mol. The third-order valence-electron chi connectivity index (χ3n) is 2.18. The highest BCUT2D eigenvalue weighted by molar-refractivity contribution is 5.77. The number of carbonyl (C=O) groups is 1. The second kappa shape index (κ2) is 8.52. The fourth-order valence-electron chi connectivity index (χ4n) is 1.39. The van der Waals surface area contributed by atoms with E-state index in [4.69, 9.17) is 14.7 Å². The van der Waals surface area contributed by atoms with Crippen molar-refractivity contribution >= 4 is 12.1 Å². The summed E-state index contributed by atoms with van der Waals surface area (Å²) in [5.74, 6) is 0.559. The Morgan fingerprint density at radius 1 is 1.23 bits per heavy atom. The topological polar surface area (TPSA) is 95.7 Å². The summed E-state index contributed by atoms with van der Waals surface area (Å²) in [5, 5.41) is 14.0. The molecule has 7 nitrogen and oxygen atoms in total. The van der Waals surface area contributed by atoms with Gasteiger partial charge in [0.2, 0.25) is 6.19 Å². The number of carbonyl (C=O) groups excluding carboxylic acids is 1. The summed E-state index contributed by atoms with van der Waals surface area (Å²) in [6.07, 6.45) is 1.15. The highest BCUT2D eigenvalue weighted by Gasteiger charge is 2.15. The van der Waals surface area contributed by atoms with Crippen LogP contribution in [-0.2, 0) is 4.74 Å². The summed E-state index contributed by atoms with van der Waals surface area (Å²) in [7, 11) is 0. The van der Waals surface area contributed by atoms with Gasteiger partial charge in [-0.15, -0.1) is 4.99 Å². The van der Waals surface area contributed by atoms with E-state index in [0.29, 0.717) is 18.8 Å². The molecule has 1 amide bonds. The van der Waals surface area contributed by atoms with Crippen LogP contribution in [-0.4, -0.2) is 30.8 Å². The molecule has 0 aliphatic heterocycles. The van der Waals surface area contributed by atoms with Crippen molar-refractivity contribution in [1.82, 2.24) is 10.6 Å². The fourth-order valence-corrected chi connectivity index (χ4v) is 1.39. The molecular formula is C15H20N4O3.